The van der Waals surface area contributed by atoms with Crippen LogP contribution in [0.15, 0.2) is 24.3 Å². The second-order valence-corrected chi connectivity index (χ2v) is 6.17. The number of benzene rings is 1. The largest absolute Gasteiger partial charge is 0.350 e. The van der Waals surface area contributed by atoms with Crippen molar-refractivity contribution in [3.8, 4) is 0 Å². The first-order valence-electron chi connectivity index (χ1n) is 7.66. The van der Waals surface area contributed by atoms with Crippen LogP contribution < -0.4 is 10.6 Å². The second-order valence-electron chi connectivity index (χ2n) is 5.73. The number of nitrogens with zero attached hydrogens (tertiary/aromatic N) is 2. The first-order valence-corrected chi connectivity index (χ1v) is 8.04. The minimum absolute atomic E-state index is 0. The zero-order valence-corrected chi connectivity index (χ0v) is 16.0. The Hall–Kier alpha value is -1.56. The number of carbonyl (C=O) groups excluding carboxylic acids is 1. The van der Waals surface area contributed by atoms with Crippen LogP contribution in [0.4, 0.5) is 0 Å². The van der Waals surface area contributed by atoms with Crippen molar-refractivity contribution in [1.29, 1.82) is 0 Å². The predicted octanol–water partition coefficient (Wildman–Crippen LogP) is 2.96. The van der Waals surface area contributed by atoms with Gasteiger partial charge in [0.1, 0.15) is 0 Å². The maximum atomic E-state index is 12.4. The Morgan fingerprint density at radius 1 is 1.29 bits per heavy atom. The van der Waals surface area contributed by atoms with E-state index in [9.17, 15) is 4.79 Å². The predicted molar refractivity (Wildman–Crippen MR) is 100 cm³/mol. The molecule has 0 bridgehead atoms. The Morgan fingerprint density at radius 3 is 2.50 bits per heavy atom. The fourth-order valence-electron chi connectivity index (χ4n) is 2.38. The number of aromatic nitrogens is 2. The lowest BCUT2D eigenvalue weighted by Gasteiger charge is -2.11. The average molecular weight is 371 g/mol. The molecule has 1 unspecified atom stereocenters. The first-order chi connectivity index (χ1) is 10.9. The first kappa shape index (κ1) is 20.5. The molecule has 2 N–H and O–H groups in total. The van der Waals surface area contributed by atoms with Crippen molar-refractivity contribution in [3.63, 3.8) is 0 Å². The van der Waals surface area contributed by atoms with E-state index in [4.69, 9.17) is 11.6 Å². The molecule has 1 amide bonds. The van der Waals surface area contributed by atoms with Crippen LogP contribution in [0.2, 0.25) is 5.02 Å². The molecule has 0 saturated heterocycles. The van der Waals surface area contributed by atoms with E-state index in [0.29, 0.717) is 23.7 Å². The lowest BCUT2D eigenvalue weighted by atomic mass is 10.1. The minimum Gasteiger partial charge on any atom is -0.350 e. The molecule has 0 aliphatic heterocycles. The molecule has 1 heterocycles. The van der Waals surface area contributed by atoms with Gasteiger partial charge in [-0.05, 0) is 45.5 Å². The molecule has 0 fully saturated rings. The van der Waals surface area contributed by atoms with E-state index < -0.39 is 0 Å². The Bertz CT molecular complexity index is 683. The Labute approximate surface area is 154 Å². The van der Waals surface area contributed by atoms with Gasteiger partial charge < -0.3 is 10.6 Å². The van der Waals surface area contributed by atoms with Crippen LogP contribution in [0.5, 0.6) is 0 Å². The number of amides is 1. The summed E-state index contributed by atoms with van der Waals surface area (Å²) >= 11 is 5.91. The molecule has 0 aliphatic carbocycles. The van der Waals surface area contributed by atoms with E-state index in [0.717, 1.165) is 17.0 Å². The quantitative estimate of drug-likeness (QED) is 0.821. The monoisotopic (exact) mass is 370 g/mol. The molecule has 1 aromatic carbocycles. The molecule has 0 radical (unpaired) electrons. The van der Waals surface area contributed by atoms with Gasteiger partial charge in [-0.15, -0.1) is 12.4 Å². The summed E-state index contributed by atoms with van der Waals surface area (Å²) in [5.74, 6) is -0.0792. The molecule has 0 aliphatic rings. The van der Waals surface area contributed by atoms with Gasteiger partial charge in [-0.3, -0.25) is 9.48 Å². The van der Waals surface area contributed by atoms with Crippen LogP contribution in [0.3, 0.4) is 0 Å². The molecular formula is C17H24Cl2N4O. The lowest BCUT2D eigenvalue weighted by molar-refractivity contribution is 0.0949. The number of nitrogens with one attached hydrogen (secondary N) is 2. The summed E-state index contributed by atoms with van der Waals surface area (Å²) < 4.78 is 1.86. The summed E-state index contributed by atoms with van der Waals surface area (Å²) in [6, 6.07) is 7.87. The maximum Gasteiger partial charge on any atom is 0.255 e. The van der Waals surface area contributed by atoms with Crippen molar-refractivity contribution < 1.29 is 4.79 Å². The Kier molecular flexibility index (Phi) is 7.73. The number of halogens is 2. The standard InChI is InChI=1S/C17H23ClN4O.ClH/c1-11(19-4)9-20-17(23)16-12(2)21-22(13(16)3)10-14-5-7-15(18)8-6-14;/h5-8,11,19H,9-10H2,1-4H3,(H,20,23);1H. The van der Waals surface area contributed by atoms with E-state index >= 15 is 0 Å². The number of hydrogen-bond acceptors (Lipinski definition) is 3. The van der Waals surface area contributed by atoms with Gasteiger partial charge in [0.2, 0.25) is 0 Å². The van der Waals surface area contributed by atoms with Crippen molar-refractivity contribution in [2.75, 3.05) is 13.6 Å². The molecule has 5 nitrogen and oxygen atoms in total. The fraction of sp³-hybridized carbons (Fsp3) is 0.412. The highest BCUT2D eigenvalue weighted by Gasteiger charge is 2.18. The van der Waals surface area contributed by atoms with Crippen LogP contribution in [0.25, 0.3) is 0 Å². The van der Waals surface area contributed by atoms with Crippen LogP contribution >= 0.6 is 24.0 Å². The number of hydrogen-bond donors (Lipinski definition) is 2. The third kappa shape index (κ3) is 4.97. The molecule has 1 aromatic heterocycles. The van der Waals surface area contributed by atoms with Gasteiger partial charge in [-0.1, -0.05) is 23.7 Å². The topological polar surface area (TPSA) is 58.9 Å². The molecule has 2 rings (SSSR count). The van der Waals surface area contributed by atoms with E-state index in [1.165, 1.54) is 0 Å². The fourth-order valence-corrected chi connectivity index (χ4v) is 2.50. The molecule has 1 atom stereocenters. The van der Waals surface area contributed by atoms with Crippen molar-refractivity contribution in [1.82, 2.24) is 20.4 Å². The van der Waals surface area contributed by atoms with Crippen LogP contribution in [-0.4, -0.2) is 35.3 Å². The van der Waals surface area contributed by atoms with E-state index in [2.05, 4.69) is 15.7 Å². The SMILES string of the molecule is CNC(C)CNC(=O)c1c(C)nn(Cc2ccc(Cl)cc2)c1C.Cl. The number of aryl methyl sites for hydroxylation is 1. The van der Waals surface area contributed by atoms with Gasteiger partial charge in [-0.25, -0.2) is 0 Å². The zero-order chi connectivity index (χ0) is 17.0. The molecule has 132 valence electrons. The number of likely N-dealkylation sites (N-methyl/N-ethyl adjacent to an activating group) is 1. The van der Waals surface area contributed by atoms with Gasteiger partial charge in [0.05, 0.1) is 17.8 Å². The van der Waals surface area contributed by atoms with Crippen LogP contribution in [-0.2, 0) is 6.54 Å². The summed E-state index contributed by atoms with van der Waals surface area (Å²) in [6.07, 6.45) is 0. The van der Waals surface area contributed by atoms with Crippen LogP contribution in [0, 0.1) is 13.8 Å². The van der Waals surface area contributed by atoms with Gasteiger partial charge in [0.15, 0.2) is 0 Å². The van der Waals surface area contributed by atoms with Gasteiger partial charge >= 0.3 is 0 Å². The number of carbonyl (C=O) groups is 1. The molecule has 0 saturated carbocycles. The summed E-state index contributed by atoms with van der Waals surface area (Å²) in [4.78, 5) is 12.4. The highest BCUT2D eigenvalue weighted by Crippen LogP contribution is 2.16. The normalized spacial score (nSPS) is 11.7. The highest BCUT2D eigenvalue weighted by molar-refractivity contribution is 6.30. The van der Waals surface area contributed by atoms with Crippen molar-refractivity contribution in [2.24, 2.45) is 0 Å². The lowest BCUT2D eigenvalue weighted by Crippen LogP contribution is -2.37. The maximum absolute atomic E-state index is 12.4. The van der Waals surface area contributed by atoms with E-state index in [-0.39, 0.29) is 24.4 Å². The number of rotatable bonds is 6. The molecule has 7 heteroatoms. The summed E-state index contributed by atoms with van der Waals surface area (Å²) in [6.45, 7) is 7.00. The highest BCUT2D eigenvalue weighted by atomic mass is 35.5. The van der Waals surface area contributed by atoms with E-state index in [1.807, 2.05) is 56.8 Å². The van der Waals surface area contributed by atoms with Gasteiger partial charge in [-0.2, -0.15) is 5.10 Å². The Balaban J connectivity index is 0.00000288. The van der Waals surface area contributed by atoms with Crippen molar-refractivity contribution in [3.05, 3.63) is 51.8 Å². The minimum atomic E-state index is -0.0792. The molecule has 0 spiro atoms. The molecular weight excluding hydrogens is 347 g/mol. The van der Waals surface area contributed by atoms with E-state index in [1.54, 1.807) is 0 Å². The third-order valence-electron chi connectivity index (χ3n) is 3.92. The third-order valence-corrected chi connectivity index (χ3v) is 4.17. The summed E-state index contributed by atoms with van der Waals surface area (Å²) in [5.41, 5.74) is 3.36. The zero-order valence-electron chi connectivity index (χ0n) is 14.4. The van der Waals surface area contributed by atoms with Gasteiger partial charge in [0.25, 0.3) is 5.91 Å². The Morgan fingerprint density at radius 2 is 1.92 bits per heavy atom. The van der Waals surface area contributed by atoms with Crippen molar-refractivity contribution in [2.45, 2.75) is 33.4 Å². The van der Waals surface area contributed by atoms with Crippen LogP contribution in [0.1, 0.15) is 34.2 Å². The van der Waals surface area contributed by atoms with Crippen molar-refractivity contribution >= 4 is 29.9 Å². The second kappa shape index (κ2) is 9.06. The molecule has 24 heavy (non-hydrogen) atoms. The molecule has 2 aromatic rings. The summed E-state index contributed by atoms with van der Waals surface area (Å²) in [5, 5.41) is 11.3. The van der Waals surface area contributed by atoms with Gasteiger partial charge in [0, 0.05) is 23.3 Å². The smallest absolute Gasteiger partial charge is 0.255 e. The summed E-state index contributed by atoms with van der Waals surface area (Å²) in [7, 11) is 1.87. The average Bonchev–Trinajstić information content (AvgIpc) is 2.81.